The van der Waals surface area contributed by atoms with Crippen molar-refractivity contribution in [2.75, 3.05) is 38.7 Å². The third kappa shape index (κ3) is 12.8. The molecule has 2 atom stereocenters. The maximum absolute atomic E-state index is 12.4. The first-order valence-corrected chi connectivity index (χ1v) is 13.7. The number of carbonyl (C=O) groups is 2. The van der Waals surface area contributed by atoms with Gasteiger partial charge in [0.15, 0.2) is 0 Å². The molecule has 0 aromatic rings. The van der Waals surface area contributed by atoms with E-state index >= 15 is 0 Å². The molecule has 10 heteroatoms. The molecule has 180 valence electrons. The Morgan fingerprint density at radius 1 is 1.17 bits per heavy atom. The number of piperidine rings is 1. The van der Waals surface area contributed by atoms with Crippen molar-refractivity contribution in [1.82, 2.24) is 15.3 Å². The zero-order valence-electron chi connectivity index (χ0n) is 20.1. The molecule has 0 saturated carbocycles. The van der Waals surface area contributed by atoms with Crippen LogP contribution in [-0.4, -0.2) is 67.5 Å². The van der Waals surface area contributed by atoms with Gasteiger partial charge in [0.25, 0.3) is 7.52 Å². The van der Waals surface area contributed by atoms with Crippen LogP contribution in [0, 0.1) is 5.92 Å². The SMILES string of the molecule is CC.CC.CCOP(C)(=O)N1CCC(NC(=O)[C@H](CS)NC(=O)OCC(C)C)CC1. The zero-order chi connectivity index (χ0) is 23.7. The molecule has 8 nitrogen and oxygen atoms in total. The first-order chi connectivity index (χ1) is 14.2. The van der Waals surface area contributed by atoms with Crippen molar-refractivity contribution in [1.29, 1.82) is 0 Å². The Morgan fingerprint density at radius 2 is 1.70 bits per heavy atom. The Morgan fingerprint density at radius 3 is 2.13 bits per heavy atom. The van der Waals surface area contributed by atoms with E-state index in [0.29, 0.717) is 39.1 Å². The molecule has 1 rings (SSSR count). The minimum absolute atomic E-state index is 0.0313. The molecular formula is C20H44N3O5PS. The number of rotatable bonds is 9. The Bertz CT molecular complexity index is 515. The third-order valence-corrected chi connectivity index (χ3v) is 6.57. The maximum atomic E-state index is 12.4. The van der Waals surface area contributed by atoms with Crippen molar-refractivity contribution >= 4 is 32.1 Å². The van der Waals surface area contributed by atoms with E-state index in [0.717, 1.165) is 0 Å². The van der Waals surface area contributed by atoms with Crippen molar-refractivity contribution in [3.05, 3.63) is 0 Å². The summed E-state index contributed by atoms with van der Waals surface area (Å²) < 4.78 is 24.7. The van der Waals surface area contributed by atoms with Crippen LogP contribution in [0.1, 0.15) is 61.3 Å². The largest absolute Gasteiger partial charge is 0.449 e. The normalized spacial score (nSPS) is 17.4. The van der Waals surface area contributed by atoms with Gasteiger partial charge >= 0.3 is 6.09 Å². The lowest BCUT2D eigenvalue weighted by atomic mass is 10.1. The van der Waals surface area contributed by atoms with E-state index in [9.17, 15) is 14.2 Å². The topological polar surface area (TPSA) is 97.0 Å². The van der Waals surface area contributed by atoms with Gasteiger partial charge in [0.2, 0.25) is 5.91 Å². The van der Waals surface area contributed by atoms with Gasteiger partial charge in [0.05, 0.1) is 13.2 Å². The molecule has 2 N–H and O–H groups in total. The maximum Gasteiger partial charge on any atom is 0.407 e. The van der Waals surface area contributed by atoms with Crippen LogP contribution in [0.4, 0.5) is 4.79 Å². The van der Waals surface area contributed by atoms with E-state index in [1.54, 1.807) is 6.66 Å². The molecule has 1 aliphatic rings. The van der Waals surface area contributed by atoms with Crippen LogP contribution in [0.25, 0.3) is 0 Å². The standard InChI is InChI=1S/C16H32N3O5PS.2C2H6/c1-5-24-25(4,22)19-8-6-13(7-9-19)17-15(20)14(11-26)18-16(21)23-10-12(2)3;2*1-2/h12-14,26H,5-11H2,1-4H3,(H,17,20)(H,18,21);2*1-2H3/t14-,25?;;/m0../s1. The smallest absolute Gasteiger partial charge is 0.407 e. The second-order valence-electron chi connectivity index (χ2n) is 6.83. The molecule has 1 aliphatic heterocycles. The van der Waals surface area contributed by atoms with Crippen LogP contribution < -0.4 is 10.6 Å². The van der Waals surface area contributed by atoms with E-state index in [1.165, 1.54) is 0 Å². The molecule has 0 spiro atoms. The molecular weight excluding hydrogens is 425 g/mol. The van der Waals surface area contributed by atoms with Gasteiger partial charge in [0.1, 0.15) is 6.04 Å². The summed E-state index contributed by atoms with van der Waals surface area (Å²) >= 11 is 4.14. The highest BCUT2D eigenvalue weighted by Crippen LogP contribution is 2.47. The predicted molar refractivity (Wildman–Crippen MR) is 128 cm³/mol. The zero-order valence-corrected chi connectivity index (χ0v) is 21.9. The van der Waals surface area contributed by atoms with Crippen LogP contribution in [0.15, 0.2) is 0 Å². The molecule has 1 heterocycles. The van der Waals surface area contributed by atoms with Crippen LogP contribution in [0.5, 0.6) is 0 Å². The van der Waals surface area contributed by atoms with Crippen LogP contribution in [0.3, 0.4) is 0 Å². The van der Waals surface area contributed by atoms with Crippen LogP contribution >= 0.6 is 20.1 Å². The van der Waals surface area contributed by atoms with E-state index < -0.39 is 19.7 Å². The molecule has 0 bridgehead atoms. The number of carbonyl (C=O) groups excluding carboxylic acids is 2. The Balaban J connectivity index is 0. The second-order valence-corrected chi connectivity index (χ2v) is 9.62. The minimum atomic E-state index is -2.75. The average molecular weight is 470 g/mol. The van der Waals surface area contributed by atoms with Gasteiger partial charge in [-0.3, -0.25) is 9.36 Å². The summed E-state index contributed by atoms with van der Waals surface area (Å²) in [5.41, 5.74) is 0. The van der Waals surface area contributed by atoms with Gasteiger partial charge in [-0.05, 0) is 25.7 Å². The summed E-state index contributed by atoms with van der Waals surface area (Å²) in [6, 6.07) is -0.784. The number of alkyl carbamates (subject to hydrolysis) is 1. The predicted octanol–water partition coefficient (Wildman–Crippen LogP) is 4.16. The molecule has 0 aromatic heterocycles. The van der Waals surface area contributed by atoms with E-state index in [4.69, 9.17) is 9.26 Å². The van der Waals surface area contributed by atoms with E-state index in [1.807, 2.05) is 53.1 Å². The Labute approximate surface area is 189 Å². The number of hydrogen-bond donors (Lipinski definition) is 3. The third-order valence-electron chi connectivity index (χ3n) is 4.04. The highest BCUT2D eigenvalue weighted by molar-refractivity contribution is 7.80. The number of amides is 2. The highest BCUT2D eigenvalue weighted by Gasteiger charge is 2.31. The van der Waals surface area contributed by atoms with Crippen molar-refractivity contribution in [3.8, 4) is 0 Å². The summed E-state index contributed by atoms with van der Waals surface area (Å²) in [4.78, 5) is 24.1. The Hall–Kier alpha value is -0.760. The highest BCUT2D eigenvalue weighted by atomic mass is 32.1. The number of hydrogen-bond acceptors (Lipinski definition) is 6. The summed E-state index contributed by atoms with van der Waals surface area (Å²) in [5.74, 6) is 0.112. The molecule has 2 amide bonds. The quantitative estimate of drug-likeness (QED) is 0.347. The van der Waals surface area contributed by atoms with Gasteiger partial charge in [-0.2, -0.15) is 12.6 Å². The van der Waals surface area contributed by atoms with Crippen LogP contribution in [-0.2, 0) is 18.6 Å². The fraction of sp³-hybridized carbons (Fsp3) is 0.900. The van der Waals surface area contributed by atoms with Crippen molar-refractivity contribution in [3.63, 3.8) is 0 Å². The fourth-order valence-electron chi connectivity index (χ4n) is 2.62. The first kappa shape index (κ1) is 31.4. The van der Waals surface area contributed by atoms with Gasteiger partial charge in [-0.1, -0.05) is 41.5 Å². The Kier molecular flexibility index (Phi) is 18.7. The number of nitrogens with zero attached hydrogens (tertiary/aromatic N) is 1. The van der Waals surface area contributed by atoms with Crippen LogP contribution in [0.2, 0.25) is 0 Å². The molecule has 30 heavy (non-hydrogen) atoms. The molecule has 0 aliphatic carbocycles. The minimum Gasteiger partial charge on any atom is -0.449 e. The summed E-state index contributed by atoms with van der Waals surface area (Å²) in [5, 5.41) is 5.47. The molecule has 0 radical (unpaired) electrons. The molecule has 1 saturated heterocycles. The summed E-state index contributed by atoms with van der Waals surface area (Å²) in [6.45, 7) is 17.2. The lowest BCUT2D eigenvalue weighted by Gasteiger charge is -2.35. The number of nitrogens with one attached hydrogen (secondary N) is 2. The van der Waals surface area contributed by atoms with Crippen molar-refractivity contribution in [2.45, 2.75) is 73.4 Å². The van der Waals surface area contributed by atoms with Crippen molar-refractivity contribution in [2.24, 2.45) is 5.92 Å². The van der Waals surface area contributed by atoms with Gasteiger partial charge in [0, 0.05) is 31.5 Å². The molecule has 1 fully saturated rings. The van der Waals surface area contributed by atoms with Gasteiger partial charge in [-0.15, -0.1) is 0 Å². The average Bonchev–Trinajstić information content (AvgIpc) is 2.73. The summed E-state index contributed by atoms with van der Waals surface area (Å²) in [6.07, 6.45) is 0.730. The van der Waals surface area contributed by atoms with Gasteiger partial charge < -0.3 is 19.9 Å². The summed E-state index contributed by atoms with van der Waals surface area (Å²) in [7, 11) is -2.75. The van der Waals surface area contributed by atoms with E-state index in [2.05, 4.69) is 23.3 Å². The lowest BCUT2D eigenvalue weighted by molar-refractivity contribution is -0.123. The monoisotopic (exact) mass is 469 g/mol. The second kappa shape index (κ2) is 17.9. The fourth-order valence-corrected chi connectivity index (χ4v) is 4.47. The molecule has 0 aromatic carbocycles. The van der Waals surface area contributed by atoms with Crippen molar-refractivity contribution < 1.29 is 23.4 Å². The number of thiol groups is 1. The van der Waals surface area contributed by atoms with Gasteiger partial charge in [-0.25, -0.2) is 9.46 Å². The van der Waals surface area contributed by atoms with E-state index in [-0.39, 0.29) is 23.6 Å². The first-order valence-electron chi connectivity index (χ1n) is 11.0. The molecule has 1 unspecified atom stereocenters. The number of ether oxygens (including phenoxy) is 1. The lowest BCUT2D eigenvalue weighted by Crippen LogP contribution is -2.52.